The number of nitrogens with one attached hydrogen (secondary N) is 2. The number of aromatic amines is 1. The Balaban J connectivity index is 1.65. The van der Waals surface area contributed by atoms with E-state index in [4.69, 9.17) is 14.2 Å². The number of fused-ring (bicyclic) bond motifs is 1. The molecule has 0 unspecified atom stereocenters. The third-order valence-corrected chi connectivity index (χ3v) is 3.63. The molecule has 25 heavy (non-hydrogen) atoms. The average molecular weight is 346 g/mol. The van der Waals surface area contributed by atoms with Crippen molar-refractivity contribution in [1.82, 2.24) is 20.5 Å². The lowest BCUT2D eigenvalue weighted by Gasteiger charge is -2.05. The first-order chi connectivity index (χ1) is 12.2. The Morgan fingerprint density at radius 1 is 1.32 bits per heavy atom. The molecule has 1 aliphatic rings. The molecule has 3 rings (SSSR count). The van der Waals surface area contributed by atoms with Crippen LogP contribution in [-0.4, -0.2) is 48.1 Å². The van der Waals surface area contributed by atoms with Crippen LogP contribution in [0.15, 0.2) is 23.0 Å². The Morgan fingerprint density at radius 2 is 2.16 bits per heavy atom. The molecule has 1 aromatic carbocycles. The van der Waals surface area contributed by atoms with Gasteiger partial charge < -0.3 is 24.5 Å². The van der Waals surface area contributed by atoms with Crippen LogP contribution < -0.4 is 20.3 Å². The monoisotopic (exact) mass is 346 g/mol. The summed E-state index contributed by atoms with van der Waals surface area (Å²) in [4.78, 5) is 26.5. The van der Waals surface area contributed by atoms with Gasteiger partial charge in [-0.2, -0.15) is 0 Å². The van der Waals surface area contributed by atoms with E-state index in [0.29, 0.717) is 36.0 Å². The number of carbonyl (C=O) groups is 1. The second-order valence-electron chi connectivity index (χ2n) is 5.36. The summed E-state index contributed by atoms with van der Waals surface area (Å²) < 4.78 is 15.4. The van der Waals surface area contributed by atoms with Crippen molar-refractivity contribution in [3.63, 3.8) is 0 Å². The molecule has 132 valence electrons. The lowest BCUT2D eigenvalue weighted by molar-refractivity contribution is -0.121. The van der Waals surface area contributed by atoms with Gasteiger partial charge in [-0.15, -0.1) is 10.2 Å². The maximum Gasteiger partial charge on any atom is 0.273 e. The van der Waals surface area contributed by atoms with Gasteiger partial charge in [0.25, 0.3) is 5.56 Å². The van der Waals surface area contributed by atoms with Crippen molar-refractivity contribution in [3.8, 4) is 22.9 Å². The molecule has 1 aromatic heterocycles. The second-order valence-corrected chi connectivity index (χ2v) is 5.36. The van der Waals surface area contributed by atoms with E-state index in [9.17, 15) is 9.59 Å². The minimum absolute atomic E-state index is 0.158. The molecule has 0 fully saturated rings. The van der Waals surface area contributed by atoms with Crippen LogP contribution in [0, 0.1) is 0 Å². The van der Waals surface area contributed by atoms with E-state index in [-0.39, 0.29) is 36.8 Å². The number of H-pyrrole nitrogens is 1. The van der Waals surface area contributed by atoms with E-state index in [1.54, 1.807) is 25.3 Å². The zero-order chi connectivity index (χ0) is 17.6. The zero-order valence-corrected chi connectivity index (χ0v) is 13.7. The fraction of sp³-hybridized carbons (Fsp3) is 0.375. The molecule has 0 atom stereocenters. The summed E-state index contributed by atoms with van der Waals surface area (Å²) in [5.41, 5.74) is 0.511. The highest BCUT2D eigenvalue weighted by Gasteiger charge is 2.15. The maximum atomic E-state index is 12.2. The normalized spacial score (nSPS) is 12.2. The molecule has 0 bridgehead atoms. The number of aromatic nitrogens is 3. The van der Waals surface area contributed by atoms with Crippen LogP contribution in [0.5, 0.6) is 11.5 Å². The summed E-state index contributed by atoms with van der Waals surface area (Å²) in [6.07, 6.45) is 0.368. The highest BCUT2D eigenvalue weighted by Crippen LogP contribution is 2.34. The van der Waals surface area contributed by atoms with E-state index in [1.165, 1.54) is 0 Å². The molecular formula is C16H18N4O5. The van der Waals surface area contributed by atoms with Crippen molar-refractivity contribution in [2.24, 2.45) is 0 Å². The number of hydrogen-bond acceptors (Lipinski definition) is 7. The lowest BCUT2D eigenvalue weighted by atomic mass is 10.2. The second kappa shape index (κ2) is 7.75. The van der Waals surface area contributed by atoms with E-state index in [0.717, 1.165) is 0 Å². The molecule has 0 radical (unpaired) electrons. The van der Waals surface area contributed by atoms with Crippen LogP contribution in [0.2, 0.25) is 0 Å². The summed E-state index contributed by atoms with van der Waals surface area (Å²) in [7, 11) is 1.56. The van der Waals surface area contributed by atoms with Gasteiger partial charge in [0.2, 0.25) is 12.7 Å². The smallest absolute Gasteiger partial charge is 0.273 e. The Morgan fingerprint density at radius 3 is 2.96 bits per heavy atom. The van der Waals surface area contributed by atoms with Crippen molar-refractivity contribution in [2.75, 3.05) is 27.1 Å². The topological polar surface area (TPSA) is 115 Å². The molecule has 0 spiro atoms. The number of amides is 1. The Bertz CT molecular complexity index is 820. The predicted molar refractivity (Wildman–Crippen MR) is 87.4 cm³/mol. The van der Waals surface area contributed by atoms with Crippen LogP contribution >= 0.6 is 0 Å². The van der Waals surface area contributed by atoms with Crippen LogP contribution in [0.1, 0.15) is 12.1 Å². The Hall–Kier alpha value is -2.94. The lowest BCUT2D eigenvalue weighted by Crippen LogP contribution is -2.28. The first-order valence-electron chi connectivity index (χ1n) is 7.79. The van der Waals surface area contributed by atoms with Gasteiger partial charge in [-0.3, -0.25) is 9.59 Å². The van der Waals surface area contributed by atoms with Crippen LogP contribution in [0.4, 0.5) is 0 Å². The molecular weight excluding hydrogens is 328 g/mol. The molecule has 9 heteroatoms. The minimum Gasteiger partial charge on any atom is -0.454 e. The molecule has 0 saturated heterocycles. The van der Waals surface area contributed by atoms with Gasteiger partial charge in [0, 0.05) is 32.1 Å². The third-order valence-electron chi connectivity index (χ3n) is 3.63. The number of aryl methyl sites for hydroxylation is 1. The summed E-state index contributed by atoms with van der Waals surface area (Å²) in [6, 6.07) is 5.23. The van der Waals surface area contributed by atoms with Crippen LogP contribution in [-0.2, 0) is 16.0 Å². The summed E-state index contributed by atoms with van der Waals surface area (Å²) >= 11 is 0. The standard InChI is InChI=1S/C16H18N4O5/c1-23-7-6-17-14(21)5-3-11-16(22)18-15(20-19-11)10-2-4-12-13(8-10)25-9-24-12/h2,4,8H,3,5-7,9H2,1H3,(H,17,21)(H,18,20,22). The fourth-order valence-electron chi connectivity index (χ4n) is 2.31. The van der Waals surface area contributed by atoms with Gasteiger partial charge in [-0.1, -0.05) is 0 Å². The number of benzene rings is 1. The number of carbonyl (C=O) groups excluding carboxylic acids is 1. The molecule has 1 amide bonds. The van der Waals surface area contributed by atoms with E-state index < -0.39 is 0 Å². The molecule has 2 aromatic rings. The highest BCUT2D eigenvalue weighted by molar-refractivity contribution is 5.76. The molecule has 1 aliphatic heterocycles. The zero-order valence-electron chi connectivity index (χ0n) is 13.7. The number of ether oxygens (including phenoxy) is 3. The van der Waals surface area contributed by atoms with Gasteiger partial charge in [-0.05, 0) is 18.2 Å². The predicted octanol–water partition coefficient (Wildman–Crippen LogP) is 0.256. The quantitative estimate of drug-likeness (QED) is 0.691. The summed E-state index contributed by atoms with van der Waals surface area (Å²) in [5, 5.41) is 10.7. The molecule has 9 nitrogen and oxygen atoms in total. The van der Waals surface area contributed by atoms with Gasteiger partial charge in [0.15, 0.2) is 17.3 Å². The number of nitrogens with zero attached hydrogens (tertiary/aromatic N) is 2. The van der Waals surface area contributed by atoms with Gasteiger partial charge in [0.05, 0.1) is 6.61 Å². The van der Waals surface area contributed by atoms with Gasteiger partial charge in [-0.25, -0.2) is 0 Å². The molecule has 2 heterocycles. The molecule has 0 aliphatic carbocycles. The van der Waals surface area contributed by atoms with Crippen molar-refractivity contribution < 1.29 is 19.0 Å². The maximum absolute atomic E-state index is 12.2. The van der Waals surface area contributed by atoms with E-state index in [2.05, 4.69) is 20.5 Å². The average Bonchev–Trinajstić information content (AvgIpc) is 3.08. The van der Waals surface area contributed by atoms with E-state index in [1.807, 2.05) is 0 Å². The first kappa shape index (κ1) is 16.9. The number of rotatable bonds is 7. The Labute approximate surface area is 143 Å². The number of hydrogen-bond donors (Lipinski definition) is 2. The SMILES string of the molecule is COCCNC(=O)CCc1nnc(-c2ccc3c(c2)OCO3)[nH]c1=O. The van der Waals surface area contributed by atoms with Gasteiger partial charge in [0.1, 0.15) is 5.69 Å². The third kappa shape index (κ3) is 4.13. The van der Waals surface area contributed by atoms with Crippen LogP contribution in [0.3, 0.4) is 0 Å². The largest absolute Gasteiger partial charge is 0.454 e. The van der Waals surface area contributed by atoms with Gasteiger partial charge >= 0.3 is 0 Å². The fourth-order valence-corrected chi connectivity index (χ4v) is 2.31. The Kier molecular flexibility index (Phi) is 5.24. The summed E-state index contributed by atoms with van der Waals surface area (Å²) in [6.45, 7) is 1.04. The van der Waals surface area contributed by atoms with Crippen LogP contribution in [0.25, 0.3) is 11.4 Å². The van der Waals surface area contributed by atoms with Crippen molar-refractivity contribution in [3.05, 3.63) is 34.2 Å². The number of methoxy groups -OCH3 is 1. The molecule has 0 saturated carbocycles. The highest BCUT2D eigenvalue weighted by atomic mass is 16.7. The first-order valence-corrected chi connectivity index (χ1v) is 7.79. The molecule has 2 N–H and O–H groups in total. The summed E-state index contributed by atoms with van der Waals surface area (Å²) in [5.74, 6) is 1.40. The van der Waals surface area contributed by atoms with Crippen molar-refractivity contribution in [2.45, 2.75) is 12.8 Å². The van der Waals surface area contributed by atoms with E-state index >= 15 is 0 Å². The minimum atomic E-state index is -0.368. The van der Waals surface area contributed by atoms with Crippen molar-refractivity contribution >= 4 is 5.91 Å². The van der Waals surface area contributed by atoms with Crippen molar-refractivity contribution in [1.29, 1.82) is 0 Å².